The Balaban J connectivity index is 1.32. The summed E-state index contributed by atoms with van der Waals surface area (Å²) in [6.45, 7) is 7.37. The van der Waals surface area contributed by atoms with Crippen molar-refractivity contribution in [2.75, 3.05) is 26.2 Å². The molecule has 3 heterocycles. The highest BCUT2D eigenvalue weighted by Gasteiger charge is 2.20. The molecule has 2 aliphatic heterocycles. The van der Waals surface area contributed by atoms with Gasteiger partial charge in [0, 0.05) is 31.2 Å². The van der Waals surface area contributed by atoms with Gasteiger partial charge in [-0.15, -0.1) is 0 Å². The molecule has 1 amide bonds. The predicted octanol–water partition coefficient (Wildman–Crippen LogP) is 2.95. The molecule has 1 fully saturated rings. The van der Waals surface area contributed by atoms with Gasteiger partial charge in [-0.25, -0.2) is 4.98 Å². The first-order valence-electron chi connectivity index (χ1n) is 10.4. The minimum Gasteiger partial charge on any atom is -0.372 e. The molecule has 2 aliphatic rings. The number of aromatic nitrogens is 2. The third-order valence-corrected chi connectivity index (χ3v) is 5.91. The summed E-state index contributed by atoms with van der Waals surface area (Å²) in [7, 11) is 0. The topological polar surface area (TPSA) is 59.4 Å². The van der Waals surface area contributed by atoms with Gasteiger partial charge < -0.3 is 19.5 Å². The molecule has 4 rings (SSSR count). The summed E-state index contributed by atoms with van der Waals surface area (Å²) in [5.74, 6) is 0.936. The number of nitrogens with one attached hydrogen (secondary N) is 1. The average molecular weight is 370 g/mol. The third kappa shape index (κ3) is 4.01. The van der Waals surface area contributed by atoms with E-state index >= 15 is 0 Å². The van der Waals surface area contributed by atoms with E-state index in [1.165, 1.54) is 32.2 Å². The molecule has 0 spiro atoms. The monoisotopic (exact) mass is 370 g/mol. The number of likely N-dealkylation sites (tertiary alicyclic amines) is 1. The number of nitrogens with zero attached hydrogens (tertiary/aromatic N) is 3. The predicted molar refractivity (Wildman–Crippen MR) is 106 cm³/mol. The second kappa shape index (κ2) is 8.40. The maximum absolute atomic E-state index is 12.5. The van der Waals surface area contributed by atoms with E-state index in [2.05, 4.69) is 26.7 Å². The number of hydrogen-bond donors (Lipinski definition) is 1. The highest BCUT2D eigenvalue weighted by Crippen LogP contribution is 2.21. The van der Waals surface area contributed by atoms with Gasteiger partial charge in [0.2, 0.25) is 0 Å². The Morgan fingerprint density at radius 3 is 3.15 bits per heavy atom. The summed E-state index contributed by atoms with van der Waals surface area (Å²) in [6.07, 6.45) is 6.22. The van der Waals surface area contributed by atoms with Gasteiger partial charge >= 0.3 is 0 Å². The van der Waals surface area contributed by atoms with Crippen molar-refractivity contribution in [2.24, 2.45) is 0 Å². The number of carbonyl (C=O) groups is 1. The summed E-state index contributed by atoms with van der Waals surface area (Å²) >= 11 is 0. The first-order valence-corrected chi connectivity index (χ1v) is 10.4. The van der Waals surface area contributed by atoms with Gasteiger partial charge in [-0.2, -0.15) is 0 Å². The molecule has 6 heteroatoms. The molecule has 2 aromatic rings. The van der Waals surface area contributed by atoms with Gasteiger partial charge in [0.25, 0.3) is 5.91 Å². The Morgan fingerprint density at radius 2 is 2.26 bits per heavy atom. The van der Waals surface area contributed by atoms with Crippen LogP contribution in [0, 0.1) is 0 Å². The maximum atomic E-state index is 12.5. The summed E-state index contributed by atoms with van der Waals surface area (Å²) in [5, 5.41) is 3.07. The van der Waals surface area contributed by atoms with Gasteiger partial charge in [0.1, 0.15) is 12.4 Å². The number of hydrogen-bond acceptors (Lipinski definition) is 4. The minimum absolute atomic E-state index is 0.00944. The van der Waals surface area contributed by atoms with Crippen LogP contribution in [0.3, 0.4) is 0 Å². The number of imidazole rings is 1. The lowest BCUT2D eigenvalue weighted by Crippen LogP contribution is -2.40. The molecule has 1 saturated heterocycles. The number of rotatable bonds is 6. The zero-order valence-corrected chi connectivity index (χ0v) is 16.2. The Bertz CT molecular complexity index is 801. The lowest BCUT2D eigenvalue weighted by molar-refractivity contribution is 0.0830. The van der Waals surface area contributed by atoms with Crippen molar-refractivity contribution >= 4 is 16.9 Å². The first-order chi connectivity index (χ1) is 13.3. The van der Waals surface area contributed by atoms with E-state index in [0.717, 1.165) is 55.6 Å². The van der Waals surface area contributed by atoms with E-state index < -0.39 is 0 Å². The summed E-state index contributed by atoms with van der Waals surface area (Å²) in [6, 6.07) is 6.53. The number of benzene rings is 1. The van der Waals surface area contributed by atoms with Crippen LogP contribution in [0.25, 0.3) is 11.0 Å². The zero-order valence-electron chi connectivity index (χ0n) is 16.2. The largest absolute Gasteiger partial charge is 0.372 e. The van der Waals surface area contributed by atoms with Crippen LogP contribution < -0.4 is 5.32 Å². The molecule has 27 heavy (non-hydrogen) atoms. The van der Waals surface area contributed by atoms with E-state index in [4.69, 9.17) is 4.74 Å². The molecule has 0 bridgehead atoms. The van der Waals surface area contributed by atoms with E-state index in [1.54, 1.807) is 0 Å². The average Bonchev–Trinajstić information content (AvgIpc) is 3.09. The third-order valence-electron chi connectivity index (χ3n) is 5.91. The fourth-order valence-corrected chi connectivity index (χ4v) is 4.40. The Kier molecular flexibility index (Phi) is 5.74. The standard InChI is InChI=1S/C21H30N4O2/c1-2-17-6-3-4-10-24(17)11-5-9-22-21(26)16-7-8-19-18(14-16)23-20-15-27-13-12-25(19)20/h7-8,14,17H,2-6,9-13,15H2,1H3,(H,22,26). The molecular weight excluding hydrogens is 340 g/mol. The van der Waals surface area contributed by atoms with Crippen molar-refractivity contribution in [1.29, 1.82) is 0 Å². The molecule has 1 aromatic heterocycles. The number of amides is 1. The summed E-state index contributed by atoms with van der Waals surface area (Å²) in [4.78, 5) is 19.7. The van der Waals surface area contributed by atoms with Gasteiger partial charge in [0.05, 0.1) is 17.6 Å². The van der Waals surface area contributed by atoms with Gasteiger partial charge in [-0.1, -0.05) is 13.3 Å². The van der Waals surface area contributed by atoms with Crippen molar-refractivity contribution in [1.82, 2.24) is 19.8 Å². The zero-order chi connectivity index (χ0) is 18.6. The molecular formula is C21H30N4O2. The molecule has 6 nitrogen and oxygen atoms in total. The van der Waals surface area contributed by atoms with Crippen LogP contribution in [0.1, 0.15) is 55.2 Å². The summed E-state index contributed by atoms with van der Waals surface area (Å²) in [5.41, 5.74) is 2.64. The van der Waals surface area contributed by atoms with Crippen molar-refractivity contribution in [2.45, 2.75) is 58.2 Å². The number of ether oxygens (including phenoxy) is 1. The molecule has 1 N–H and O–H groups in total. The molecule has 0 aliphatic carbocycles. The van der Waals surface area contributed by atoms with Gasteiger partial charge in [0.15, 0.2) is 0 Å². The Morgan fingerprint density at radius 1 is 1.33 bits per heavy atom. The minimum atomic E-state index is -0.00944. The second-order valence-electron chi connectivity index (χ2n) is 7.64. The van der Waals surface area contributed by atoms with E-state index in [9.17, 15) is 4.79 Å². The maximum Gasteiger partial charge on any atom is 0.251 e. The van der Waals surface area contributed by atoms with Crippen molar-refractivity contribution in [3.63, 3.8) is 0 Å². The van der Waals surface area contributed by atoms with Crippen LogP contribution in [0.15, 0.2) is 18.2 Å². The molecule has 1 atom stereocenters. The van der Waals surface area contributed by atoms with Crippen LogP contribution >= 0.6 is 0 Å². The quantitative estimate of drug-likeness (QED) is 0.794. The molecule has 0 radical (unpaired) electrons. The molecule has 1 aromatic carbocycles. The SMILES string of the molecule is CCC1CCCCN1CCCNC(=O)c1ccc2c(c1)nc1n2CCOC1. The van der Waals surface area contributed by atoms with Crippen LogP contribution in [0.4, 0.5) is 0 Å². The highest BCUT2D eigenvalue weighted by atomic mass is 16.5. The molecule has 146 valence electrons. The van der Waals surface area contributed by atoms with Crippen molar-refractivity contribution in [3.05, 3.63) is 29.6 Å². The smallest absolute Gasteiger partial charge is 0.251 e. The van der Waals surface area contributed by atoms with Crippen molar-refractivity contribution in [3.8, 4) is 0 Å². The molecule has 1 unspecified atom stereocenters. The number of fused-ring (bicyclic) bond motifs is 3. The highest BCUT2D eigenvalue weighted by molar-refractivity contribution is 5.97. The van der Waals surface area contributed by atoms with Crippen LogP contribution in [0.2, 0.25) is 0 Å². The lowest BCUT2D eigenvalue weighted by Gasteiger charge is -2.35. The van der Waals surface area contributed by atoms with Crippen LogP contribution in [0.5, 0.6) is 0 Å². The number of piperidine rings is 1. The summed E-state index contributed by atoms with van der Waals surface area (Å²) < 4.78 is 7.65. The van der Waals surface area contributed by atoms with E-state index in [-0.39, 0.29) is 5.91 Å². The van der Waals surface area contributed by atoms with Crippen LogP contribution in [-0.4, -0.2) is 52.6 Å². The Hall–Kier alpha value is -1.92. The fourth-order valence-electron chi connectivity index (χ4n) is 4.40. The lowest BCUT2D eigenvalue weighted by atomic mass is 10.00. The fraction of sp³-hybridized carbons (Fsp3) is 0.619. The Labute approximate surface area is 160 Å². The second-order valence-corrected chi connectivity index (χ2v) is 7.64. The molecule has 0 saturated carbocycles. The number of carbonyl (C=O) groups excluding carboxylic acids is 1. The van der Waals surface area contributed by atoms with Gasteiger partial charge in [-0.05, 0) is 50.4 Å². The normalized spacial score (nSPS) is 20.6. The van der Waals surface area contributed by atoms with Crippen molar-refractivity contribution < 1.29 is 9.53 Å². The first kappa shape index (κ1) is 18.4. The van der Waals surface area contributed by atoms with E-state index in [0.29, 0.717) is 12.2 Å². The van der Waals surface area contributed by atoms with Crippen LogP contribution in [-0.2, 0) is 17.9 Å². The van der Waals surface area contributed by atoms with Gasteiger partial charge in [-0.3, -0.25) is 4.79 Å². The van der Waals surface area contributed by atoms with E-state index in [1.807, 2.05) is 18.2 Å².